The number of hydrogen-bond acceptors (Lipinski definition) is 4. The number of aliphatic hydroxyl groups excluding tert-OH is 1. The molecule has 1 aliphatic carbocycles. The third-order valence-electron chi connectivity index (χ3n) is 7.37. The number of rotatable bonds is 7. The van der Waals surface area contributed by atoms with Crippen LogP contribution in [-0.4, -0.2) is 28.9 Å². The van der Waals surface area contributed by atoms with Crippen LogP contribution in [-0.2, 0) is 11.4 Å². The van der Waals surface area contributed by atoms with Gasteiger partial charge in [-0.1, -0.05) is 42.8 Å². The highest BCUT2D eigenvalue weighted by Gasteiger charge is 2.28. The Morgan fingerprint density at radius 3 is 2.57 bits per heavy atom. The van der Waals surface area contributed by atoms with Crippen LogP contribution in [0.1, 0.15) is 65.3 Å². The molecule has 182 valence electrons. The molecule has 35 heavy (non-hydrogen) atoms. The van der Waals surface area contributed by atoms with Crippen molar-refractivity contribution in [2.45, 2.75) is 64.1 Å². The number of fused-ring (bicyclic) bond motifs is 1. The minimum absolute atomic E-state index is 0.0705. The fourth-order valence-corrected chi connectivity index (χ4v) is 5.71. The molecule has 0 aromatic heterocycles. The van der Waals surface area contributed by atoms with Crippen LogP contribution >= 0.6 is 0 Å². The number of hydrogen-bond donors (Lipinski definition) is 2. The van der Waals surface area contributed by atoms with Crippen molar-refractivity contribution in [3.05, 3.63) is 82.4 Å². The van der Waals surface area contributed by atoms with Crippen molar-refractivity contribution in [1.29, 1.82) is 0 Å². The first-order valence-electron chi connectivity index (χ1n) is 12.4. The highest BCUT2D eigenvalue weighted by molar-refractivity contribution is 5.72. The van der Waals surface area contributed by atoms with Gasteiger partial charge in [0.15, 0.2) is 0 Å². The number of ether oxygens (including phenoxy) is 2. The van der Waals surface area contributed by atoms with E-state index in [1.807, 2.05) is 18.2 Å². The third-order valence-corrected chi connectivity index (χ3v) is 7.37. The van der Waals surface area contributed by atoms with Crippen LogP contribution in [0.15, 0.2) is 54.6 Å². The van der Waals surface area contributed by atoms with E-state index in [4.69, 9.17) is 14.6 Å². The van der Waals surface area contributed by atoms with Crippen molar-refractivity contribution in [3.63, 3.8) is 0 Å². The summed E-state index contributed by atoms with van der Waals surface area (Å²) in [6.45, 7) is 5.12. The molecule has 1 aliphatic heterocycles. The molecular formula is C30H32O5. The second-order valence-electron chi connectivity index (χ2n) is 9.93. The first-order chi connectivity index (χ1) is 16.9. The largest absolute Gasteiger partial charge is 0.492 e. The normalized spacial score (nSPS) is 20.9. The lowest BCUT2D eigenvalue weighted by atomic mass is 9.87. The van der Waals surface area contributed by atoms with Gasteiger partial charge in [0.1, 0.15) is 18.1 Å². The van der Waals surface area contributed by atoms with Gasteiger partial charge in [-0.3, -0.25) is 4.79 Å². The standard InChI is InChI=1S/C30H32O5/c1-18-11-22(25-7-4-8-27(25)31)12-19(2)30(18)21-6-3-5-20(13-21)16-34-24-9-10-26-23(14-29(32)33)17-35-28(26)15-24/h3,5-6,9-13,15,23,25,27,31H,4,7-8,14,16-17H2,1-2H3,(H,32,33)/t23-,25+,27+/m1/s1. The molecule has 0 bridgehead atoms. The number of aliphatic carboxylic acids is 1. The van der Waals surface area contributed by atoms with Crippen molar-refractivity contribution in [2.24, 2.45) is 0 Å². The van der Waals surface area contributed by atoms with E-state index < -0.39 is 5.97 Å². The van der Waals surface area contributed by atoms with Crippen LogP contribution in [0.3, 0.4) is 0 Å². The number of aryl methyl sites for hydroxylation is 2. The Morgan fingerprint density at radius 1 is 1.06 bits per heavy atom. The number of carboxylic acid groups (broad SMARTS) is 1. The summed E-state index contributed by atoms with van der Waals surface area (Å²) in [7, 11) is 0. The molecule has 0 radical (unpaired) electrons. The molecule has 1 fully saturated rings. The van der Waals surface area contributed by atoms with Crippen molar-refractivity contribution in [3.8, 4) is 22.6 Å². The molecule has 0 spiro atoms. The SMILES string of the molecule is Cc1cc([C@@H]2CCC[C@@H]2O)cc(C)c1-c1cccc(COc2ccc3c(c2)OC[C@H]3CC(=O)O)c1. The van der Waals surface area contributed by atoms with E-state index in [0.717, 1.165) is 36.0 Å². The summed E-state index contributed by atoms with van der Waals surface area (Å²) in [5.74, 6) is 0.737. The summed E-state index contributed by atoms with van der Waals surface area (Å²) < 4.78 is 11.8. The number of carbonyl (C=O) groups is 1. The summed E-state index contributed by atoms with van der Waals surface area (Å²) in [5, 5.41) is 19.4. The zero-order valence-corrected chi connectivity index (χ0v) is 20.3. The van der Waals surface area contributed by atoms with Crippen LogP contribution < -0.4 is 9.47 Å². The summed E-state index contributed by atoms with van der Waals surface area (Å²) in [6, 6.07) is 18.6. The monoisotopic (exact) mass is 472 g/mol. The van der Waals surface area contributed by atoms with Gasteiger partial charge in [0.2, 0.25) is 0 Å². The van der Waals surface area contributed by atoms with Gasteiger partial charge < -0.3 is 19.7 Å². The molecule has 0 saturated heterocycles. The number of aliphatic hydroxyl groups is 1. The number of carboxylic acids is 1. The van der Waals surface area contributed by atoms with Gasteiger partial charge in [-0.25, -0.2) is 0 Å². The fraction of sp³-hybridized carbons (Fsp3) is 0.367. The maximum absolute atomic E-state index is 11.1. The summed E-state index contributed by atoms with van der Waals surface area (Å²) in [4.78, 5) is 11.1. The predicted octanol–water partition coefficient (Wildman–Crippen LogP) is 6.13. The van der Waals surface area contributed by atoms with E-state index >= 15 is 0 Å². The lowest BCUT2D eigenvalue weighted by molar-refractivity contribution is -0.137. The molecule has 1 heterocycles. The highest BCUT2D eigenvalue weighted by Crippen LogP contribution is 2.39. The lowest BCUT2D eigenvalue weighted by Gasteiger charge is -2.19. The van der Waals surface area contributed by atoms with Crippen molar-refractivity contribution in [1.82, 2.24) is 0 Å². The second kappa shape index (κ2) is 9.74. The third kappa shape index (κ3) is 4.92. The molecule has 2 N–H and O–H groups in total. The second-order valence-corrected chi connectivity index (χ2v) is 9.93. The van der Waals surface area contributed by atoms with Crippen molar-refractivity contribution >= 4 is 5.97 Å². The van der Waals surface area contributed by atoms with Gasteiger partial charge >= 0.3 is 5.97 Å². The van der Waals surface area contributed by atoms with Crippen LogP contribution in [0, 0.1) is 13.8 Å². The topological polar surface area (TPSA) is 76.0 Å². The van der Waals surface area contributed by atoms with Gasteiger partial charge in [0.05, 0.1) is 19.1 Å². The van der Waals surface area contributed by atoms with Crippen LogP contribution in [0.5, 0.6) is 11.5 Å². The Morgan fingerprint density at radius 2 is 1.86 bits per heavy atom. The lowest BCUT2D eigenvalue weighted by Crippen LogP contribution is -2.11. The molecule has 1 saturated carbocycles. The Kier molecular flexibility index (Phi) is 6.52. The smallest absolute Gasteiger partial charge is 0.304 e. The van der Waals surface area contributed by atoms with Gasteiger partial charge in [0, 0.05) is 23.5 Å². The Bertz CT molecular complexity index is 1220. The van der Waals surface area contributed by atoms with Crippen LogP contribution in [0.4, 0.5) is 0 Å². The Labute approximate surface area is 206 Å². The van der Waals surface area contributed by atoms with E-state index in [1.165, 1.54) is 22.3 Å². The molecule has 5 nitrogen and oxygen atoms in total. The molecule has 2 aliphatic rings. The average molecular weight is 473 g/mol. The van der Waals surface area contributed by atoms with E-state index in [-0.39, 0.29) is 24.4 Å². The van der Waals surface area contributed by atoms with E-state index in [2.05, 4.69) is 50.2 Å². The molecular weight excluding hydrogens is 440 g/mol. The molecule has 5 rings (SSSR count). The maximum atomic E-state index is 11.1. The van der Waals surface area contributed by atoms with Crippen molar-refractivity contribution in [2.75, 3.05) is 6.61 Å². The highest BCUT2D eigenvalue weighted by atomic mass is 16.5. The zero-order chi connectivity index (χ0) is 24.5. The average Bonchev–Trinajstić information content (AvgIpc) is 3.43. The van der Waals surface area contributed by atoms with E-state index in [0.29, 0.717) is 24.7 Å². The van der Waals surface area contributed by atoms with Gasteiger partial charge in [-0.2, -0.15) is 0 Å². The molecule has 5 heteroatoms. The Hall–Kier alpha value is -3.31. The fourth-order valence-electron chi connectivity index (χ4n) is 5.71. The van der Waals surface area contributed by atoms with Gasteiger partial charge in [0.25, 0.3) is 0 Å². The first-order valence-corrected chi connectivity index (χ1v) is 12.4. The molecule has 0 amide bonds. The minimum Gasteiger partial charge on any atom is -0.492 e. The minimum atomic E-state index is -0.817. The molecule has 3 aromatic rings. The molecule has 3 atom stereocenters. The van der Waals surface area contributed by atoms with Crippen LogP contribution in [0.2, 0.25) is 0 Å². The van der Waals surface area contributed by atoms with Crippen LogP contribution in [0.25, 0.3) is 11.1 Å². The summed E-state index contributed by atoms with van der Waals surface area (Å²) in [6.07, 6.45) is 2.88. The van der Waals surface area contributed by atoms with E-state index in [1.54, 1.807) is 0 Å². The summed E-state index contributed by atoms with van der Waals surface area (Å²) >= 11 is 0. The van der Waals surface area contributed by atoms with E-state index in [9.17, 15) is 9.90 Å². The summed E-state index contributed by atoms with van der Waals surface area (Å²) in [5.41, 5.74) is 8.10. The predicted molar refractivity (Wildman–Crippen MR) is 135 cm³/mol. The van der Waals surface area contributed by atoms with Gasteiger partial charge in [-0.15, -0.1) is 0 Å². The Balaban J connectivity index is 1.31. The number of benzene rings is 3. The molecule has 0 unspecified atom stereocenters. The quantitative estimate of drug-likeness (QED) is 0.433. The van der Waals surface area contributed by atoms with Crippen molar-refractivity contribution < 1.29 is 24.5 Å². The molecule has 3 aromatic carbocycles. The van der Waals surface area contributed by atoms with Gasteiger partial charge in [-0.05, 0) is 72.2 Å². The maximum Gasteiger partial charge on any atom is 0.304 e. The first kappa shape index (κ1) is 23.4. The zero-order valence-electron chi connectivity index (χ0n) is 20.3.